The zero-order valence-electron chi connectivity index (χ0n) is 14.5. The van der Waals surface area contributed by atoms with Crippen molar-refractivity contribution in [2.24, 2.45) is 5.92 Å². The molecule has 1 N–H and O–H groups in total. The van der Waals surface area contributed by atoms with Crippen molar-refractivity contribution in [3.05, 3.63) is 29.8 Å². The van der Waals surface area contributed by atoms with Crippen LogP contribution in [-0.2, 0) is 11.3 Å². The number of nitrogens with zero attached hydrogens (tertiary/aromatic N) is 3. The maximum Gasteiger partial charge on any atom is 0.309 e. The summed E-state index contributed by atoms with van der Waals surface area (Å²) in [5, 5.41) is 9.39. The van der Waals surface area contributed by atoms with Crippen molar-refractivity contribution >= 4 is 5.97 Å². The molecule has 3 rings (SSSR count). The number of fused-ring (bicyclic) bond motifs is 1. The topological polar surface area (TPSA) is 56.3 Å². The minimum atomic E-state index is -0.678. The van der Waals surface area contributed by atoms with Gasteiger partial charge in [0, 0.05) is 51.9 Å². The quantitative estimate of drug-likeness (QED) is 0.881. The fraction of sp³-hybridized carbons (Fsp3) is 0.611. The molecule has 132 valence electrons. The van der Waals surface area contributed by atoms with Gasteiger partial charge in [-0.1, -0.05) is 12.1 Å². The Balaban J connectivity index is 1.61. The Morgan fingerprint density at radius 3 is 2.58 bits per heavy atom. The third-order valence-electron chi connectivity index (χ3n) is 5.11. The normalized spacial score (nSPS) is 26.6. The van der Waals surface area contributed by atoms with Gasteiger partial charge in [0.05, 0.1) is 13.0 Å². The lowest BCUT2D eigenvalue weighted by atomic mass is 10.1. The third-order valence-corrected chi connectivity index (χ3v) is 5.11. The number of carbonyl (C=O) groups is 1. The molecule has 0 amide bonds. The Morgan fingerprint density at radius 2 is 1.92 bits per heavy atom. The van der Waals surface area contributed by atoms with Gasteiger partial charge in [0.1, 0.15) is 5.75 Å². The van der Waals surface area contributed by atoms with Crippen LogP contribution in [0.25, 0.3) is 0 Å². The van der Waals surface area contributed by atoms with Crippen LogP contribution >= 0.6 is 0 Å². The minimum absolute atomic E-state index is 0.284. The summed E-state index contributed by atoms with van der Waals surface area (Å²) in [6.07, 6.45) is 0. The largest absolute Gasteiger partial charge is 0.497 e. The lowest BCUT2D eigenvalue weighted by Crippen LogP contribution is -2.55. The molecule has 0 aliphatic carbocycles. The van der Waals surface area contributed by atoms with Crippen LogP contribution in [0.5, 0.6) is 5.75 Å². The maximum absolute atomic E-state index is 11.4. The van der Waals surface area contributed by atoms with E-state index in [9.17, 15) is 9.90 Å². The highest BCUT2D eigenvalue weighted by Crippen LogP contribution is 2.20. The van der Waals surface area contributed by atoms with Crippen LogP contribution in [0.15, 0.2) is 24.3 Å². The molecule has 2 heterocycles. The summed E-state index contributed by atoms with van der Waals surface area (Å²) in [7, 11) is 3.71. The van der Waals surface area contributed by atoms with Crippen LogP contribution in [0.3, 0.4) is 0 Å². The van der Waals surface area contributed by atoms with E-state index in [1.807, 2.05) is 19.2 Å². The van der Waals surface area contributed by atoms with Gasteiger partial charge in [-0.25, -0.2) is 0 Å². The number of ether oxygens (including phenoxy) is 1. The highest BCUT2D eigenvalue weighted by atomic mass is 16.5. The summed E-state index contributed by atoms with van der Waals surface area (Å²) in [4.78, 5) is 18.4. The van der Waals surface area contributed by atoms with E-state index in [2.05, 4.69) is 26.8 Å². The summed E-state index contributed by atoms with van der Waals surface area (Å²) in [5.74, 6) is -0.0787. The van der Waals surface area contributed by atoms with Crippen LogP contribution < -0.4 is 4.74 Å². The molecule has 0 saturated carbocycles. The predicted molar refractivity (Wildman–Crippen MR) is 92.3 cm³/mol. The molecule has 2 aliphatic heterocycles. The van der Waals surface area contributed by atoms with Crippen molar-refractivity contribution in [2.75, 3.05) is 53.4 Å². The molecule has 2 aliphatic rings. The molecule has 2 fully saturated rings. The monoisotopic (exact) mass is 333 g/mol. The van der Waals surface area contributed by atoms with Crippen LogP contribution in [0.1, 0.15) is 5.56 Å². The Hall–Kier alpha value is -1.63. The summed E-state index contributed by atoms with van der Waals surface area (Å²) in [5.41, 5.74) is 1.29. The molecule has 0 radical (unpaired) electrons. The number of methoxy groups -OCH3 is 1. The molecular weight excluding hydrogens is 306 g/mol. The number of hydrogen-bond acceptors (Lipinski definition) is 5. The first-order valence-electron chi connectivity index (χ1n) is 8.56. The molecule has 0 aromatic heterocycles. The molecule has 0 unspecified atom stereocenters. The molecule has 6 heteroatoms. The highest BCUT2D eigenvalue weighted by Gasteiger charge is 2.35. The number of aliphatic carboxylic acids is 1. The van der Waals surface area contributed by atoms with Crippen LogP contribution in [0.2, 0.25) is 0 Å². The average molecular weight is 333 g/mol. The van der Waals surface area contributed by atoms with E-state index in [0.717, 1.165) is 38.5 Å². The van der Waals surface area contributed by atoms with E-state index >= 15 is 0 Å². The summed E-state index contributed by atoms with van der Waals surface area (Å²) >= 11 is 0. The Bertz CT molecular complexity index is 563. The summed E-state index contributed by atoms with van der Waals surface area (Å²) in [6.45, 7) is 6.09. The minimum Gasteiger partial charge on any atom is -0.497 e. The molecule has 1 aromatic carbocycles. The second-order valence-corrected chi connectivity index (χ2v) is 6.99. The fourth-order valence-corrected chi connectivity index (χ4v) is 3.81. The van der Waals surface area contributed by atoms with Crippen molar-refractivity contribution in [3.8, 4) is 5.75 Å². The van der Waals surface area contributed by atoms with E-state index in [-0.39, 0.29) is 5.92 Å². The standard InChI is InChI=1S/C18H27N3O3/c1-19-10-15(18(22)23)11-21-8-7-20(13-16(21)12-19)9-14-3-5-17(24-2)6-4-14/h3-6,15-16H,7-13H2,1-2H3,(H,22,23)/t15-,16-/m1/s1. The molecule has 2 atom stereocenters. The van der Waals surface area contributed by atoms with Crippen LogP contribution in [0.4, 0.5) is 0 Å². The van der Waals surface area contributed by atoms with Crippen molar-refractivity contribution in [1.29, 1.82) is 0 Å². The first-order valence-corrected chi connectivity index (χ1v) is 8.56. The van der Waals surface area contributed by atoms with E-state index < -0.39 is 5.97 Å². The van der Waals surface area contributed by atoms with E-state index in [1.54, 1.807) is 7.11 Å². The second-order valence-electron chi connectivity index (χ2n) is 6.99. The van der Waals surface area contributed by atoms with Gasteiger partial charge in [-0.15, -0.1) is 0 Å². The van der Waals surface area contributed by atoms with E-state index in [1.165, 1.54) is 5.56 Å². The molecular formula is C18H27N3O3. The number of likely N-dealkylation sites (N-methyl/N-ethyl adjacent to an activating group) is 1. The molecule has 1 aromatic rings. The number of hydrogen-bond donors (Lipinski definition) is 1. The van der Waals surface area contributed by atoms with Crippen molar-refractivity contribution in [1.82, 2.24) is 14.7 Å². The molecule has 24 heavy (non-hydrogen) atoms. The number of piperazine rings is 1. The van der Waals surface area contributed by atoms with Gasteiger partial charge < -0.3 is 14.7 Å². The van der Waals surface area contributed by atoms with Gasteiger partial charge >= 0.3 is 5.97 Å². The fourth-order valence-electron chi connectivity index (χ4n) is 3.81. The Labute approximate surface area is 143 Å². The SMILES string of the molecule is COc1ccc(CN2CCN3C[C@H](C(=O)O)CN(C)C[C@@H]3C2)cc1. The van der Waals surface area contributed by atoms with Gasteiger partial charge in [0.2, 0.25) is 0 Å². The molecule has 0 spiro atoms. The average Bonchev–Trinajstić information content (AvgIpc) is 2.73. The van der Waals surface area contributed by atoms with E-state index in [4.69, 9.17) is 4.74 Å². The van der Waals surface area contributed by atoms with Gasteiger partial charge in [0.25, 0.3) is 0 Å². The Morgan fingerprint density at radius 1 is 1.17 bits per heavy atom. The Kier molecular flexibility index (Phi) is 5.38. The number of carboxylic acids is 1. The van der Waals surface area contributed by atoms with Gasteiger partial charge in [-0.3, -0.25) is 14.6 Å². The number of carboxylic acid groups (broad SMARTS) is 1. The smallest absolute Gasteiger partial charge is 0.309 e. The summed E-state index contributed by atoms with van der Waals surface area (Å²) < 4.78 is 5.21. The first kappa shape index (κ1) is 17.2. The summed E-state index contributed by atoms with van der Waals surface area (Å²) in [6, 6.07) is 8.65. The third kappa shape index (κ3) is 4.06. The predicted octanol–water partition coefficient (Wildman–Crippen LogP) is 0.828. The lowest BCUT2D eigenvalue weighted by molar-refractivity contribution is -0.142. The van der Waals surface area contributed by atoms with Crippen LogP contribution in [-0.4, -0.2) is 85.2 Å². The second kappa shape index (κ2) is 7.51. The van der Waals surface area contributed by atoms with Crippen LogP contribution in [0, 0.1) is 5.92 Å². The van der Waals surface area contributed by atoms with E-state index in [0.29, 0.717) is 19.1 Å². The zero-order valence-corrected chi connectivity index (χ0v) is 14.5. The first-order chi connectivity index (χ1) is 11.5. The molecule has 2 saturated heterocycles. The zero-order chi connectivity index (χ0) is 17.1. The molecule has 0 bridgehead atoms. The van der Waals surface area contributed by atoms with Gasteiger partial charge in [0.15, 0.2) is 0 Å². The number of benzene rings is 1. The number of rotatable bonds is 4. The molecule has 6 nitrogen and oxygen atoms in total. The van der Waals surface area contributed by atoms with Gasteiger partial charge in [-0.2, -0.15) is 0 Å². The van der Waals surface area contributed by atoms with Crippen molar-refractivity contribution in [2.45, 2.75) is 12.6 Å². The maximum atomic E-state index is 11.4. The van der Waals surface area contributed by atoms with Crippen molar-refractivity contribution < 1.29 is 14.6 Å². The lowest BCUT2D eigenvalue weighted by Gasteiger charge is -2.41. The highest BCUT2D eigenvalue weighted by molar-refractivity contribution is 5.70. The van der Waals surface area contributed by atoms with Crippen molar-refractivity contribution in [3.63, 3.8) is 0 Å². The van der Waals surface area contributed by atoms with Gasteiger partial charge in [-0.05, 0) is 24.7 Å².